The molecule has 136 valence electrons. The van der Waals surface area contributed by atoms with Crippen LogP contribution in [0, 0.1) is 11.3 Å². The van der Waals surface area contributed by atoms with Gasteiger partial charge in [-0.25, -0.2) is 4.98 Å². The molecular formula is C22H21N3OS. The maximum atomic E-state index is 9.45. The summed E-state index contributed by atoms with van der Waals surface area (Å²) in [5.74, 6) is 1.99. The third kappa shape index (κ3) is 3.33. The van der Waals surface area contributed by atoms with Gasteiger partial charge in [-0.15, -0.1) is 0 Å². The van der Waals surface area contributed by atoms with Gasteiger partial charge >= 0.3 is 0 Å². The van der Waals surface area contributed by atoms with Crippen LogP contribution in [-0.4, -0.2) is 15.5 Å². The highest BCUT2D eigenvalue weighted by atomic mass is 32.1. The molecule has 1 aromatic heterocycles. The van der Waals surface area contributed by atoms with Gasteiger partial charge < -0.3 is 4.74 Å². The second kappa shape index (κ2) is 7.13. The molecule has 0 fully saturated rings. The van der Waals surface area contributed by atoms with Gasteiger partial charge in [-0.1, -0.05) is 25.1 Å². The zero-order valence-corrected chi connectivity index (χ0v) is 16.5. The first-order valence-electron chi connectivity index (χ1n) is 9.24. The Bertz CT molecular complexity index is 1030. The van der Waals surface area contributed by atoms with E-state index in [4.69, 9.17) is 9.72 Å². The van der Waals surface area contributed by atoms with Crippen LogP contribution in [-0.2, 0) is 6.42 Å². The summed E-state index contributed by atoms with van der Waals surface area (Å²) < 4.78 is 10.3. The van der Waals surface area contributed by atoms with Gasteiger partial charge in [0.25, 0.3) is 0 Å². The molecule has 27 heavy (non-hydrogen) atoms. The molecule has 1 aliphatic carbocycles. The minimum Gasteiger partial charge on any atom is -0.490 e. The molecule has 4 rings (SSSR count). The smallest absolute Gasteiger partial charge is 0.173 e. The molecule has 0 saturated carbocycles. The van der Waals surface area contributed by atoms with Crippen molar-refractivity contribution in [3.05, 3.63) is 53.1 Å². The summed E-state index contributed by atoms with van der Waals surface area (Å²) in [6, 6.07) is 14.3. The van der Waals surface area contributed by atoms with Gasteiger partial charge in [-0.3, -0.25) is 0 Å². The van der Waals surface area contributed by atoms with E-state index in [1.807, 2.05) is 32.0 Å². The number of hydrogen-bond donors (Lipinski definition) is 0. The van der Waals surface area contributed by atoms with Gasteiger partial charge in [0.1, 0.15) is 16.8 Å². The lowest BCUT2D eigenvalue weighted by Gasteiger charge is -2.11. The van der Waals surface area contributed by atoms with Crippen molar-refractivity contribution in [3.63, 3.8) is 0 Å². The number of ether oxygens (including phenoxy) is 1. The lowest BCUT2D eigenvalue weighted by molar-refractivity contribution is 0.242. The van der Waals surface area contributed by atoms with Gasteiger partial charge in [-0.2, -0.15) is 9.64 Å². The minimum absolute atomic E-state index is 0.0265. The number of aromatic nitrogens is 2. The molecule has 1 heterocycles. The summed E-state index contributed by atoms with van der Waals surface area (Å²) in [5.41, 5.74) is 5.36. The van der Waals surface area contributed by atoms with Crippen molar-refractivity contribution >= 4 is 11.5 Å². The standard InChI is InChI=1S/C22H21N3OS/c1-13(2)26-20-10-8-15(11-16(20)12-23)22-24-21(25-27-22)19-6-4-5-17-14(3)7-9-18(17)19/h4-6,8,10-11,13-14H,7,9H2,1-3H3/t14-/m0/s1. The molecule has 0 unspecified atom stereocenters. The predicted octanol–water partition coefficient (Wildman–Crippen LogP) is 5.58. The highest BCUT2D eigenvalue weighted by Gasteiger charge is 2.23. The first-order chi connectivity index (χ1) is 13.1. The van der Waals surface area contributed by atoms with Crippen molar-refractivity contribution in [1.29, 1.82) is 5.26 Å². The SMILES string of the molecule is CC(C)Oc1ccc(-c2nc(-c3cccc4c3CC[C@@H]4C)ns2)cc1C#N. The van der Waals surface area contributed by atoms with Gasteiger partial charge in [0.2, 0.25) is 0 Å². The molecule has 4 nitrogen and oxygen atoms in total. The van der Waals surface area contributed by atoms with Crippen LogP contribution in [0.1, 0.15) is 49.8 Å². The first-order valence-corrected chi connectivity index (χ1v) is 10.0. The van der Waals surface area contributed by atoms with Crippen LogP contribution < -0.4 is 4.74 Å². The lowest BCUT2D eigenvalue weighted by Crippen LogP contribution is -2.06. The molecule has 0 amide bonds. The second-order valence-corrected chi connectivity index (χ2v) is 7.98. The maximum Gasteiger partial charge on any atom is 0.173 e. The molecular weight excluding hydrogens is 354 g/mol. The second-order valence-electron chi connectivity index (χ2n) is 7.23. The lowest BCUT2D eigenvalue weighted by atomic mass is 9.99. The summed E-state index contributed by atoms with van der Waals surface area (Å²) in [6.07, 6.45) is 2.30. The summed E-state index contributed by atoms with van der Waals surface area (Å²) >= 11 is 1.37. The van der Waals surface area contributed by atoms with E-state index < -0.39 is 0 Å². The zero-order valence-electron chi connectivity index (χ0n) is 15.7. The Labute approximate surface area is 163 Å². The largest absolute Gasteiger partial charge is 0.490 e. The van der Waals surface area contributed by atoms with Crippen LogP contribution >= 0.6 is 11.5 Å². The van der Waals surface area contributed by atoms with Crippen molar-refractivity contribution in [3.8, 4) is 33.8 Å². The number of hydrogen-bond acceptors (Lipinski definition) is 5. The van der Waals surface area contributed by atoms with Crippen LogP contribution in [0.2, 0.25) is 0 Å². The van der Waals surface area contributed by atoms with E-state index in [0.717, 1.165) is 28.4 Å². The van der Waals surface area contributed by atoms with E-state index in [1.54, 1.807) is 0 Å². The third-order valence-electron chi connectivity index (χ3n) is 4.95. The quantitative estimate of drug-likeness (QED) is 0.597. The minimum atomic E-state index is 0.0265. The van der Waals surface area contributed by atoms with Crippen molar-refractivity contribution in [1.82, 2.24) is 9.36 Å². The van der Waals surface area contributed by atoms with Crippen molar-refractivity contribution in [2.24, 2.45) is 0 Å². The average molecular weight is 375 g/mol. The van der Waals surface area contributed by atoms with Crippen LogP contribution in [0.25, 0.3) is 22.0 Å². The fourth-order valence-corrected chi connectivity index (χ4v) is 4.30. The Morgan fingerprint density at radius 2 is 2.11 bits per heavy atom. The van der Waals surface area contributed by atoms with E-state index in [0.29, 0.717) is 17.2 Å². The Morgan fingerprint density at radius 3 is 2.89 bits per heavy atom. The van der Waals surface area contributed by atoms with E-state index in [-0.39, 0.29) is 6.10 Å². The number of rotatable bonds is 4. The summed E-state index contributed by atoms with van der Waals surface area (Å²) in [4.78, 5) is 4.78. The topological polar surface area (TPSA) is 58.8 Å². The molecule has 3 aromatic rings. The summed E-state index contributed by atoms with van der Waals surface area (Å²) in [6.45, 7) is 6.18. The van der Waals surface area contributed by atoms with Crippen LogP contribution in [0.15, 0.2) is 36.4 Å². The van der Waals surface area contributed by atoms with Crippen molar-refractivity contribution < 1.29 is 4.74 Å². The van der Waals surface area contributed by atoms with Crippen LogP contribution in [0.3, 0.4) is 0 Å². The summed E-state index contributed by atoms with van der Waals surface area (Å²) in [5, 5.41) is 10.3. The third-order valence-corrected chi connectivity index (χ3v) is 5.71. The normalized spacial score (nSPS) is 15.6. The van der Waals surface area contributed by atoms with E-state index in [1.165, 1.54) is 29.1 Å². The van der Waals surface area contributed by atoms with Gasteiger partial charge in [0.15, 0.2) is 5.82 Å². The molecule has 0 aliphatic heterocycles. The Kier molecular flexibility index (Phi) is 4.67. The Morgan fingerprint density at radius 1 is 1.26 bits per heavy atom. The first kappa shape index (κ1) is 17.7. The highest BCUT2D eigenvalue weighted by Crippen LogP contribution is 2.39. The molecule has 0 spiro atoms. The van der Waals surface area contributed by atoms with E-state index in [9.17, 15) is 5.26 Å². The monoisotopic (exact) mass is 375 g/mol. The Balaban J connectivity index is 1.69. The molecule has 0 bridgehead atoms. The Hall–Kier alpha value is -2.71. The molecule has 1 atom stereocenters. The molecule has 1 aliphatic rings. The van der Waals surface area contributed by atoms with E-state index >= 15 is 0 Å². The average Bonchev–Trinajstić information content (AvgIpc) is 3.29. The fourth-order valence-electron chi connectivity index (χ4n) is 3.63. The molecule has 5 heteroatoms. The van der Waals surface area contributed by atoms with Crippen LogP contribution in [0.5, 0.6) is 5.75 Å². The number of nitrogens with zero attached hydrogens (tertiary/aromatic N) is 3. The highest BCUT2D eigenvalue weighted by molar-refractivity contribution is 7.09. The van der Waals surface area contributed by atoms with Gasteiger partial charge in [-0.05, 0) is 73.5 Å². The number of benzene rings is 2. The van der Waals surface area contributed by atoms with Gasteiger partial charge in [0, 0.05) is 11.1 Å². The molecule has 0 saturated heterocycles. The van der Waals surface area contributed by atoms with E-state index in [2.05, 4.69) is 35.6 Å². The fraction of sp³-hybridized carbons (Fsp3) is 0.318. The van der Waals surface area contributed by atoms with Gasteiger partial charge in [0.05, 0.1) is 11.7 Å². The van der Waals surface area contributed by atoms with Crippen LogP contribution in [0.4, 0.5) is 0 Å². The maximum absolute atomic E-state index is 9.45. The summed E-state index contributed by atoms with van der Waals surface area (Å²) in [7, 11) is 0. The number of fused-ring (bicyclic) bond motifs is 1. The predicted molar refractivity (Wildman–Crippen MR) is 108 cm³/mol. The number of nitriles is 1. The van der Waals surface area contributed by atoms with Crippen molar-refractivity contribution in [2.45, 2.75) is 45.6 Å². The molecule has 0 radical (unpaired) electrons. The molecule has 2 aromatic carbocycles. The zero-order chi connectivity index (χ0) is 19.0. The van der Waals surface area contributed by atoms with Crippen molar-refractivity contribution in [2.75, 3.05) is 0 Å². The molecule has 0 N–H and O–H groups in total.